The number of hydrogen-bond acceptors (Lipinski definition) is 6. The molecule has 5 rings (SSSR count). The van der Waals surface area contributed by atoms with E-state index in [1.165, 1.54) is 0 Å². The van der Waals surface area contributed by atoms with Gasteiger partial charge in [0.2, 0.25) is 21.7 Å². The zero-order valence-electron chi connectivity index (χ0n) is 28.8. The zero-order valence-corrected chi connectivity index (χ0v) is 29.6. The summed E-state index contributed by atoms with van der Waals surface area (Å²) in [5.74, 6) is -17.5. The molecule has 1 saturated carbocycles. The van der Waals surface area contributed by atoms with Crippen LogP contribution in [0.4, 0.5) is 32.0 Å². The van der Waals surface area contributed by atoms with Crippen molar-refractivity contribution >= 4 is 27.6 Å². The first-order valence-electron chi connectivity index (χ1n) is 16.1. The van der Waals surface area contributed by atoms with Crippen LogP contribution < -0.4 is 9.64 Å². The number of halogens is 6. The number of aromatic carboxylic acids is 1. The molecular weight excluding hydrogens is 730 g/mol. The molecular formula is C37H34F6N2O7S. The molecule has 0 atom stereocenters. The van der Waals surface area contributed by atoms with Crippen molar-refractivity contribution in [1.82, 2.24) is 4.31 Å². The van der Waals surface area contributed by atoms with Crippen LogP contribution in [0, 0.1) is 34.9 Å². The lowest BCUT2D eigenvalue weighted by Gasteiger charge is -2.29. The van der Waals surface area contributed by atoms with Crippen molar-refractivity contribution < 1.29 is 59.3 Å². The molecule has 2 N–H and O–H groups in total. The minimum atomic E-state index is -5.79. The third-order valence-electron chi connectivity index (χ3n) is 8.75. The van der Waals surface area contributed by atoms with Crippen LogP contribution in [0.2, 0.25) is 0 Å². The number of phenols is 1. The molecule has 53 heavy (non-hydrogen) atoms. The Morgan fingerprint density at radius 3 is 1.98 bits per heavy atom. The van der Waals surface area contributed by atoms with Gasteiger partial charge in [0.25, 0.3) is 0 Å². The van der Waals surface area contributed by atoms with Gasteiger partial charge in [0.15, 0.2) is 39.7 Å². The van der Waals surface area contributed by atoms with Gasteiger partial charge in [0, 0.05) is 18.3 Å². The molecule has 0 unspecified atom stereocenters. The second-order valence-electron chi connectivity index (χ2n) is 13.6. The minimum Gasteiger partial charge on any atom is -0.507 e. The van der Waals surface area contributed by atoms with Crippen molar-refractivity contribution in [2.45, 2.75) is 62.9 Å². The second-order valence-corrected chi connectivity index (χ2v) is 15.5. The Morgan fingerprint density at radius 1 is 0.830 bits per heavy atom. The van der Waals surface area contributed by atoms with E-state index in [4.69, 9.17) is 4.74 Å². The SMILES string of the molecule is COc1ccc(CN(CC(=O)N(Cc2cc(C3CC3)cc(C(C)(C)C)c2)c2ccc(C(=O)O)c(O)c2)S(=O)(=O)c2c(F)c(F)c(F)c(F)c2F)cc1F. The molecule has 1 fully saturated rings. The topological polar surface area (TPSA) is 124 Å². The predicted molar refractivity (Wildman–Crippen MR) is 180 cm³/mol. The average molecular weight is 765 g/mol. The van der Waals surface area contributed by atoms with Crippen molar-refractivity contribution in [2.24, 2.45) is 0 Å². The Morgan fingerprint density at radius 2 is 1.45 bits per heavy atom. The molecule has 1 aliphatic carbocycles. The molecule has 0 aromatic heterocycles. The fraction of sp³-hybridized carbons (Fsp3) is 0.297. The highest BCUT2D eigenvalue weighted by Gasteiger charge is 2.39. The van der Waals surface area contributed by atoms with Crippen LogP contribution in [0.3, 0.4) is 0 Å². The number of amides is 1. The van der Waals surface area contributed by atoms with E-state index in [0.717, 1.165) is 72.4 Å². The smallest absolute Gasteiger partial charge is 0.339 e. The number of nitrogens with zero attached hydrogens (tertiary/aromatic N) is 2. The Hall–Kier alpha value is -5.09. The number of rotatable bonds is 12. The lowest BCUT2D eigenvalue weighted by Crippen LogP contribution is -2.43. The molecule has 9 nitrogen and oxygen atoms in total. The monoisotopic (exact) mass is 764 g/mol. The number of benzene rings is 4. The van der Waals surface area contributed by atoms with E-state index < -0.39 is 86.1 Å². The van der Waals surface area contributed by atoms with Gasteiger partial charge in [0.1, 0.15) is 11.3 Å². The maximum absolute atomic E-state index is 15.0. The van der Waals surface area contributed by atoms with Crippen molar-refractivity contribution in [3.05, 3.63) is 117 Å². The molecule has 1 amide bonds. The van der Waals surface area contributed by atoms with Gasteiger partial charge in [-0.25, -0.2) is 39.6 Å². The minimum absolute atomic E-state index is 0.120. The summed E-state index contributed by atoms with van der Waals surface area (Å²) in [4.78, 5) is 24.7. The van der Waals surface area contributed by atoms with Crippen LogP contribution in [0.5, 0.6) is 11.5 Å². The molecule has 1 aliphatic rings. The molecule has 4 aromatic carbocycles. The van der Waals surface area contributed by atoms with Crippen LogP contribution in [-0.2, 0) is 33.3 Å². The standard InChI is InChI=1S/C37H34F6N2O7S/c1-37(2,3)23-12-20(11-22(14-23)21-6-7-21)17-45(24-8-9-25(36(48)49)27(46)15-24)29(47)18-44(16-19-5-10-28(52-4)26(38)13-19)53(50,51)35-33(42)31(40)30(39)32(41)34(35)43/h5,8-15,21,46H,6-7,16-18H2,1-4H3,(H,48,49). The predicted octanol–water partition coefficient (Wildman–Crippen LogP) is 7.53. The number of ether oxygens (including phenoxy) is 1. The molecule has 0 heterocycles. The number of anilines is 1. The van der Waals surface area contributed by atoms with Crippen LogP contribution >= 0.6 is 0 Å². The molecule has 0 bridgehead atoms. The number of methoxy groups -OCH3 is 1. The van der Waals surface area contributed by atoms with E-state index in [2.05, 4.69) is 0 Å². The summed E-state index contributed by atoms with van der Waals surface area (Å²) in [6, 6.07) is 11.8. The fourth-order valence-corrected chi connectivity index (χ4v) is 7.17. The Bertz CT molecular complexity index is 2190. The van der Waals surface area contributed by atoms with E-state index in [1.807, 2.05) is 32.9 Å². The molecule has 282 valence electrons. The number of carbonyl (C=O) groups excluding carboxylic acids is 1. The summed E-state index contributed by atoms with van der Waals surface area (Å²) in [5, 5.41) is 20.0. The highest BCUT2D eigenvalue weighted by atomic mass is 32.2. The molecule has 0 saturated heterocycles. The third kappa shape index (κ3) is 8.13. The Labute approximate surface area is 301 Å². The molecule has 16 heteroatoms. The molecule has 0 spiro atoms. The van der Waals surface area contributed by atoms with Gasteiger partial charge in [-0.3, -0.25) is 4.79 Å². The van der Waals surface area contributed by atoms with Crippen LogP contribution in [0.1, 0.15) is 72.1 Å². The first-order chi connectivity index (χ1) is 24.7. The second kappa shape index (κ2) is 14.7. The van der Waals surface area contributed by atoms with Gasteiger partial charge >= 0.3 is 5.97 Å². The number of carboxylic acid groups (broad SMARTS) is 1. The zero-order chi connectivity index (χ0) is 39.2. The fourth-order valence-electron chi connectivity index (χ4n) is 5.68. The number of sulfonamides is 1. The van der Waals surface area contributed by atoms with Crippen LogP contribution in [0.15, 0.2) is 59.5 Å². The number of carbonyl (C=O) groups is 2. The van der Waals surface area contributed by atoms with Gasteiger partial charge in [-0.05, 0) is 70.7 Å². The Balaban J connectivity index is 1.65. The number of carboxylic acids is 1. The maximum Gasteiger partial charge on any atom is 0.339 e. The first kappa shape index (κ1) is 39.1. The lowest BCUT2D eigenvalue weighted by molar-refractivity contribution is -0.119. The lowest BCUT2D eigenvalue weighted by atomic mass is 9.84. The van der Waals surface area contributed by atoms with Crippen molar-refractivity contribution in [3.63, 3.8) is 0 Å². The van der Waals surface area contributed by atoms with Crippen molar-refractivity contribution in [2.75, 3.05) is 18.6 Å². The average Bonchev–Trinajstić information content (AvgIpc) is 3.94. The van der Waals surface area contributed by atoms with Gasteiger partial charge in [-0.1, -0.05) is 45.0 Å². The molecule has 4 aromatic rings. The quantitative estimate of drug-likeness (QED) is 0.0869. The summed E-state index contributed by atoms with van der Waals surface area (Å²) in [6.45, 7) is 3.29. The summed E-state index contributed by atoms with van der Waals surface area (Å²) in [5.41, 5.74) is 1.19. The summed E-state index contributed by atoms with van der Waals surface area (Å²) < 4.78 is 120. The van der Waals surface area contributed by atoms with E-state index in [1.54, 1.807) is 6.07 Å². The van der Waals surface area contributed by atoms with Crippen LogP contribution in [0.25, 0.3) is 0 Å². The van der Waals surface area contributed by atoms with E-state index in [-0.39, 0.29) is 39.2 Å². The largest absolute Gasteiger partial charge is 0.507 e. The summed E-state index contributed by atoms with van der Waals surface area (Å²) in [7, 11) is -4.64. The summed E-state index contributed by atoms with van der Waals surface area (Å²) in [6.07, 6.45) is 1.85. The van der Waals surface area contributed by atoms with E-state index in [9.17, 15) is 45.8 Å². The normalized spacial score (nSPS) is 13.3. The van der Waals surface area contributed by atoms with Crippen LogP contribution in [-0.4, -0.2) is 48.5 Å². The maximum atomic E-state index is 15.0. The van der Waals surface area contributed by atoms with E-state index >= 15 is 8.78 Å². The molecule has 0 radical (unpaired) electrons. The van der Waals surface area contributed by atoms with E-state index in [0.29, 0.717) is 5.56 Å². The van der Waals surface area contributed by atoms with Gasteiger partial charge in [-0.2, -0.15) is 4.31 Å². The molecule has 0 aliphatic heterocycles. The van der Waals surface area contributed by atoms with Gasteiger partial charge in [-0.15, -0.1) is 0 Å². The number of hydrogen-bond donors (Lipinski definition) is 2. The Kier molecular flexibility index (Phi) is 10.9. The highest BCUT2D eigenvalue weighted by Crippen LogP contribution is 2.42. The summed E-state index contributed by atoms with van der Waals surface area (Å²) >= 11 is 0. The van der Waals surface area contributed by atoms with Crippen molar-refractivity contribution in [1.29, 1.82) is 0 Å². The number of aromatic hydroxyl groups is 1. The highest BCUT2D eigenvalue weighted by molar-refractivity contribution is 7.89. The third-order valence-corrected chi connectivity index (χ3v) is 10.6. The van der Waals surface area contributed by atoms with Gasteiger partial charge in [0.05, 0.1) is 20.2 Å². The van der Waals surface area contributed by atoms with Gasteiger partial charge < -0.3 is 19.8 Å². The van der Waals surface area contributed by atoms with Crippen molar-refractivity contribution in [3.8, 4) is 11.5 Å². The first-order valence-corrected chi connectivity index (χ1v) is 17.5.